The third-order valence-electron chi connectivity index (χ3n) is 5.49. The van der Waals surface area contributed by atoms with Gasteiger partial charge in [0.05, 0.1) is 28.0 Å². The number of benzene rings is 3. The van der Waals surface area contributed by atoms with Gasteiger partial charge in [0.25, 0.3) is 5.91 Å². The number of aromatic nitrogens is 1. The molecule has 168 valence electrons. The maximum atomic E-state index is 13.5. The number of anilines is 1. The van der Waals surface area contributed by atoms with Crippen molar-refractivity contribution in [3.8, 4) is 11.3 Å². The summed E-state index contributed by atoms with van der Waals surface area (Å²) in [6, 6.07) is 15.8. The Bertz CT molecular complexity index is 1380. The van der Waals surface area contributed by atoms with Gasteiger partial charge >= 0.3 is 6.18 Å². The van der Waals surface area contributed by atoms with E-state index in [4.69, 9.17) is 16.6 Å². The van der Waals surface area contributed by atoms with Crippen LogP contribution in [-0.2, 0) is 6.18 Å². The van der Waals surface area contributed by atoms with Crippen LogP contribution in [0, 0.1) is 20.8 Å². The van der Waals surface area contributed by atoms with Gasteiger partial charge in [-0.25, -0.2) is 4.98 Å². The van der Waals surface area contributed by atoms with E-state index in [2.05, 4.69) is 5.32 Å². The van der Waals surface area contributed by atoms with Crippen molar-refractivity contribution in [3.05, 3.63) is 93.5 Å². The van der Waals surface area contributed by atoms with Crippen LogP contribution >= 0.6 is 11.6 Å². The highest BCUT2D eigenvalue weighted by atomic mass is 35.5. The summed E-state index contributed by atoms with van der Waals surface area (Å²) < 4.78 is 40.5. The van der Waals surface area contributed by atoms with Crippen molar-refractivity contribution in [2.45, 2.75) is 26.9 Å². The number of nitrogens with zero attached hydrogens (tertiary/aromatic N) is 1. The Balaban J connectivity index is 1.94. The van der Waals surface area contributed by atoms with Crippen molar-refractivity contribution in [1.82, 2.24) is 4.98 Å². The zero-order chi connectivity index (χ0) is 23.9. The Kier molecular flexibility index (Phi) is 5.89. The fraction of sp³-hybridized carbons (Fsp3) is 0.154. The Morgan fingerprint density at radius 3 is 2.30 bits per heavy atom. The molecule has 0 spiro atoms. The van der Waals surface area contributed by atoms with Crippen molar-refractivity contribution in [2.75, 3.05) is 5.32 Å². The quantitative estimate of drug-likeness (QED) is 0.334. The maximum Gasteiger partial charge on any atom is 0.418 e. The van der Waals surface area contributed by atoms with Gasteiger partial charge in [-0.15, -0.1) is 0 Å². The molecular weight excluding hydrogens is 449 g/mol. The predicted molar refractivity (Wildman–Crippen MR) is 126 cm³/mol. The number of hydrogen-bond acceptors (Lipinski definition) is 2. The Morgan fingerprint density at radius 2 is 1.64 bits per heavy atom. The summed E-state index contributed by atoms with van der Waals surface area (Å²) in [6.45, 7) is 5.54. The molecule has 7 heteroatoms. The van der Waals surface area contributed by atoms with Gasteiger partial charge in [0.15, 0.2) is 0 Å². The highest BCUT2D eigenvalue weighted by molar-refractivity contribution is 6.30. The highest BCUT2D eigenvalue weighted by Gasteiger charge is 2.34. The second kappa shape index (κ2) is 8.52. The fourth-order valence-electron chi connectivity index (χ4n) is 4.02. The smallest absolute Gasteiger partial charge is 0.321 e. The number of alkyl halides is 3. The van der Waals surface area contributed by atoms with E-state index in [0.717, 1.165) is 22.8 Å². The summed E-state index contributed by atoms with van der Waals surface area (Å²) in [5.41, 5.74) is 3.38. The van der Waals surface area contributed by atoms with Crippen LogP contribution in [-0.4, -0.2) is 10.9 Å². The first-order valence-electron chi connectivity index (χ1n) is 10.2. The van der Waals surface area contributed by atoms with Gasteiger partial charge < -0.3 is 5.32 Å². The van der Waals surface area contributed by atoms with Crippen LogP contribution in [0.4, 0.5) is 18.9 Å². The third-order valence-corrected chi connectivity index (χ3v) is 5.75. The van der Waals surface area contributed by atoms with E-state index >= 15 is 0 Å². The predicted octanol–water partition coefficient (Wildman–Crippen LogP) is 7.75. The number of aryl methyl sites for hydroxylation is 2. The molecule has 0 aliphatic heterocycles. The molecule has 4 aromatic rings. The number of fused-ring (bicyclic) bond motifs is 1. The van der Waals surface area contributed by atoms with Gasteiger partial charge in [-0.2, -0.15) is 13.2 Å². The van der Waals surface area contributed by atoms with Gasteiger partial charge in [-0.05, 0) is 62.2 Å². The van der Waals surface area contributed by atoms with E-state index in [1.165, 1.54) is 18.2 Å². The summed E-state index contributed by atoms with van der Waals surface area (Å²) in [7, 11) is 0. The lowest BCUT2D eigenvalue weighted by atomic mass is 9.94. The van der Waals surface area contributed by atoms with Crippen LogP contribution in [0.2, 0.25) is 5.02 Å². The van der Waals surface area contributed by atoms with E-state index in [-0.39, 0.29) is 11.3 Å². The molecule has 0 aliphatic carbocycles. The molecule has 0 radical (unpaired) electrons. The summed E-state index contributed by atoms with van der Waals surface area (Å²) in [5, 5.41) is 3.63. The second-order valence-corrected chi connectivity index (χ2v) is 8.38. The van der Waals surface area contributed by atoms with E-state index in [9.17, 15) is 18.0 Å². The molecule has 1 amide bonds. The summed E-state index contributed by atoms with van der Waals surface area (Å²) in [5.74, 6) is -0.628. The molecular formula is C26H20ClF3N2O. The van der Waals surface area contributed by atoms with Gasteiger partial charge in [0, 0.05) is 16.0 Å². The van der Waals surface area contributed by atoms with E-state index < -0.39 is 17.6 Å². The van der Waals surface area contributed by atoms with Gasteiger partial charge in [0.2, 0.25) is 0 Å². The second-order valence-electron chi connectivity index (χ2n) is 7.94. The average Bonchev–Trinajstić information content (AvgIpc) is 2.73. The van der Waals surface area contributed by atoms with E-state index in [0.29, 0.717) is 27.2 Å². The van der Waals surface area contributed by atoms with Crippen molar-refractivity contribution in [2.24, 2.45) is 0 Å². The third kappa shape index (κ3) is 4.44. The summed E-state index contributed by atoms with van der Waals surface area (Å²) in [6.07, 6.45) is -4.60. The molecule has 0 aliphatic rings. The zero-order valence-electron chi connectivity index (χ0n) is 18.1. The van der Waals surface area contributed by atoms with Crippen molar-refractivity contribution < 1.29 is 18.0 Å². The van der Waals surface area contributed by atoms with Crippen LogP contribution in [0.5, 0.6) is 0 Å². The minimum absolute atomic E-state index is 0.286. The summed E-state index contributed by atoms with van der Waals surface area (Å²) >= 11 is 6.02. The molecule has 0 atom stereocenters. The Hall–Kier alpha value is -3.38. The van der Waals surface area contributed by atoms with Crippen molar-refractivity contribution in [3.63, 3.8) is 0 Å². The molecule has 0 bridgehead atoms. The lowest BCUT2D eigenvalue weighted by Gasteiger charge is -2.18. The van der Waals surface area contributed by atoms with Gasteiger partial charge in [-0.1, -0.05) is 47.5 Å². The molecule has 3 aromatic carbocycles. The molecule has 0 unspecified atom stereocenters. The molecule has 1 N–H and O–H groups in total. The number of amides is 1. The number of halogens is 4. The monoisotopic (exact) mass is 468 g/mol. The minimum Gasteiger partial charge on any atom is -0.321 e. The number of rotatable bonds is 3. The lowest BCUT2D eigenvalue weighted by Crippen LogP contribution is -2.18. The van der Waals surface area contributed by atoms with Gasteiger partial charge in [0.1, 0.15) is 0 Å². The number of para-hydroxylation sites is 1. The number of hydrogen-bond donors (Lipinski definition) is 1. The number of pyridine rings is 1. The molecule has 0 saturated heterocycles. The standard InChI is InChI=1S/C26H20ClF3N2O/c1-14-12-15(2)23-19(13-14)22(16(3)24(32-23)17-8-10-18(27)11-9-17)25(33)31-21-7-5-4-6-20(21)26(28,29)30/h4-13H,1-3H3,(H,31,33). The van der Waals surface area contributed by atoms with Crippen molar-refractivity contribution >= 4 is 34.1 Å². The lowest BCUT2D eigenvalue weighted by molar-refractivity contribution is -0.136. The van der Waals surface area contributed by atoms with E-state index in [1.54, 1.807) is 31.2 Å². The first kappa shape index (κ1) is 22.8. The Morgan fingerprint density at radius 1 is 0.970 bits per heavy atom. The van der Waals surface area contributed by atoms with Crippen LogP contribution in [0.3, 0.4) is 0 Å². The van der Waals surface area contributed by atoms with Crippen LogP contribution < -0.4 is 5.32 Å². The normalized spacial score (nSPS) is 11.6. The molecule has 3 nitrogen and oxygen atoms in total. The Labute approximate surface area is 194 Å². The molecule has 0 fully saturated rings. The minimum atomic E-state index is -4.60. The first-order valence-corrected chi connectivity index (χ1v) is 10.6. The van der Waals surface area contributed by atoms with Crippen LogP contribution in [0.15, 0.2) is 60.7 Å². The van der Waals surface area contributed by atoms with Crippen molar-refractivity contribution in [1.29, 1.82) is 0 Å². The topological polar surface area (TPSA) is 42.0 Å². The zero-order valence-corrected chi connectivity index (χ0v) is 18.9. The SMILES string of the molecule is Cc1cc(C)c2nc(-c3ccc(Cl)cc3)c(C)c(C(=O)Nc3ccccc3C(F)(F)F)c2c1. The van der Waals surface area contributed by atoms with Gasteiger partial charge in [-0.3, -0.25) is 4.79 Å². The summed E-state index contributed by atoms with van der Waals surface area (Å²) in [4.78, 5) is 18.3. The molecule has 4 rings (SSSR count). The molecule has 33 heavy (non-hydrogen) atoms. The van der Waals surface area contributed by atoms with Crippen LogP contribution in [0.25, 0.3) is 22.2 Å². The largest absolute Gasteiger partial charge is 0.418 e. The molecule has 1 heterocycles. The number of carbonyl (C=O) groups excluding carboxylic acids is 1. The number of nitrogens with one attached hydrogen (secondary N) is 1. The number of carbonyl (C=O) groups is 1. The first-order chi connectivity index (χ1) is 15.6. The molecule has 0 saturated carbocycles. The van der Waals surface area contributed by atoms with E-state index in [1.807, 2.05) is 26.0 Å². The average molecular weight is 469 g/mol. The highest BCUT2D eigenvalue weighted by Crippen LogP contribution is 2.36. The fourth-order valence-corrected chi connectivity index (χ4v) is 4.15. The van der Waals surface area contributed by atoms with Crippen LogP contribution in [0.1, 0.15) is 32.6 Å². The molecule has 1 aromatic heterocycles. The maximum absolute atomic E-state index is 13.5.